The second-order valence-electron chi connectivity index (χ2n) is 3.91. The van der Waals surface area contributed by atoms with Crippen LogP contribution in [0.15, 0.2) is 33.0 Å². The Hall–Kier alpha value is -0.980. The van der Waals surface area contributed by atoms with E-state index in [0.29, 0.717) is 0 Å². The van der Waals surface area contributed by atoms with Gasteiger partial charge in [-0.15, -0.1) is 11.3 Å². The van der Waals surface area contributed by atoms with E-state index >= 15 is 0 Å². The molecule has 0 saturated heterocycles. The highest BCUT2D eigenvalue weighted by molar-refractivity contribution is 9.10. The van der Waals surface area contributed by atoms with Crippen molar-refractivity contribution in [1.29, 1.82) is 0 Å². The molecule has 0 aliphatic carbocycles. The number of fused-ring (bicyclic) bond motifs is 1. The predicted octanol–water partition coefficient (Wildman–Crippen LogP) is 3.59. The second-order valence-corrected chi connectivity index (χ2v) is 6.68. The van der Waals surface area contributed by atoms with E-state index in [1.165, 1.54) is 16.9 Å². The van der Waals surface area contributed by atoms with Gasteiger partial charge in [0.25, 0.3) is 0 Å². The van der Waals surface area contributed by atoms with Gasteiger partial charge in [0.1, 0.15) is 4.60 Å². The number of aromatic nitrogens is 2. The van der Waals surface area contributed by atoms with Gasteiger partial charge in [0.15, 0.2) is 0 Å². The van der Waals surface area contributed by atoms with Crippen molar-refractivity contribution < 1.29 is 0 Å². The minimum absolute atomic E-state index is 0.00556. The summed E-state index contributed by atoms with van der Waals surface area (Å²) in [4.78, 5) is 18.4. The van der Waals surface area contributed by atoms with Gasteiger partial charge in [0, 0.05) is 11.8 Å². The molecule has 2 aromatic heterocycles. The third-order valence-corrected chi connectivity index (χ3v) is 5.10. The van der Waals surface area contributed by atoms with Gasteiger partial charge in [-0.25, -0.2) is 4.98 Å². The summed E-state index contributed by atoms with van der Waals surface area (Å²) in [5.41, 5.74) is 2.16. The third-order valence-electron chi connectivity index (χ3n) is 2.64. The first kappa shape index (κ1) is 12.1. The molecule has 3 nitrogen and oxygen atoms in total. The maximum absolute atomic E-state index is 11.2. The van der Waals surface area contributed by atoms with Crippen molar-refractivity contribution in [1.82, 2.24) is 9.97 Å². The molecule has 3 aromatic rings. The highest BCUT2D eigenvalue weighted by atomic mass is 79.9. The van der Waals surface area contributed by atoms with Crippen molar-refractivity contribution >= 4 is 48.8 Å². The molecule has 0 unspecified atom stereocenters. The van der Waals surface area contributed by atoms with Crippen LogP contribution in [0.1, 0.15) is 10.6 Å². The van der Waals surface area contributed by atoms with Gasteiger partial charge < -0.3 is 4.98 Å². The highest BCUT2D eigenvalue weighted by Gasteiger charge is 2.03. The van der Waals surface area contributed by atoms with E-state index < -0.39 is 0 Å². The fourth-order valence-electron chi connectivity index (χ4n) is 1.80. The molecule has 6 heteroatoms. The lowest BCUT2D eigenvalue weighted by Gasteiger charge is -1.99. The molecule has 0 spiro atoms. The minimum atomic E-state index is 0.00556. The first-order valence-corrected chi connectivity index (χ1v) is 7.91. The van der Waals surface area contributed by atoms with Gasteiger partial charge in [-0.3, -0.25) is 4.79 Å². The number of H-pyrrole nitrogens is 1. The van der Waals surface area contributed by atoms with E-state index in [2.05, 4.69) is 38.0 Å². The molecule has 1 N–H and O–H groups in total. The summed E-state index contributed by atoms with van der Waals surface area (Å²) in [5.74, 6) is 0. The van der Waals surface area contributed by atoms with Crippen molar-refractivity contribution in [2.24, 2.45) is 0 Å². The molecule has 0 fully saturated rings. The van der Waals surface area contributed by atoms with E-state index in [1.807, 2.05) is 11.4 Å². The molecule has 0 aliphatic heterocycles. The molecular weight excluding hydrogens is 332 g/mol. The first-order chi connectivity index (χ1) is 8.70. The second kappa shape index (κ2) is 4.95. The van der Waals surface area contributed by atoms with E-state index in [0.717, 1.165) is 32.7 Å². The summed E-state index contributed by atoms with van der Waals surface area (Å²) in [7, 11) is 0. The number of halogens is 1. The van der Waals surface area contributed by atoms with Crippen LogP contribution in [0.5, 0.6) is 0 Å². The van der Waals surface area contributed by atoms with E-state index in [1.54, 1.807) is 11.3 Å². The normalized spacial score (nSPS) is 11.2. The molecule has 0 amide bonds. The molecule has 2 heterocycles. The van der Waals surface area contributed by atoms with Crippen LogP contribution >= 0.6 is 38.6 Å². The fraction of sp³-hybridized carbons (Fsp3) is 0.167. The maximum Gasteiger partial charge on any atom is 0.305 e. The Morgan fingerprint density at radius 3 is 3.00 bits per heavy atom. The summed E-state index contributed by atoms with van der Waals surface area (Å²) in [6.45, 7) is 0. The smallest absolute Gasteiger partial charge is 0.305 e. The number of nitrogens with zero attached hydrogens (tertiary/aromatic N) is 1. The van der Waals surface area contributed by atoms with Crippen LogP contribution in [-0.2, 0) is 12.8 Å². The van der Waals surface area contributed by atoms with Gasteiger partial charge in [0.2, 0.25) is 0 Å². The van der Waals surface area contributed by atoms with Crippen LogP contribution in [-0.4, -0.2) is 9.97 Å². The molecular formula is C12H9BrN2OS2. The SMILES string of the molecule is O=c1[nH]c2ccc(CCc3nc(Br)cs3)cc2s1. The van der Waals surface area contributed by atoms with Crippen molar-refractivity contribution in [2.45, 2.75) is 12.8 Å². The predicted molar refractivity (Wildman–Crippen MR) is 79.7 cm³/mol. The van der Waals surface area contributed by atoms with Crippen LogP contribution in [0, 0.1) is 0 Å². The Labute approximate surface area is 120 Å². The Balaban J connectivity index is 1.80. The summed E-state index contributed by atoms with van der Waals surface area (Å²) >= 11 is 6.28. The molecule has 0 bridgehead atoms. The van der Waals surface area contributed by atoms with Gasteiger partial charge in [-0.2, -0.15) is 0 Å². The lowest BCUT2D eigenvalue weighted by Crippen LogP contribution is -1.90. The van der Waals surface area contributed by atoms with Gasteiger partial charge in [-0.05, 0) is 40.0 Å². The van der Waals surface area contributed by atoms with Gasteiger partial charge >= 0.3 is 4.87 Å². The molecule has 0 saturated carbocycles. The average molecular weight is 341 g/mol. The summed E-state index contributed by atoms with van der Waals surface area (Å²) in [6.07, 6.45) is 1.88. The maximum atomic E-state index is 11.2. The number of hydrogen-bond donors (Lipinski definition) is 1. The van der Waals surface area contributed by atoms with Gasteiger partial charge in [0.05, 0.1) is 15.2 Å². The monoisotopic (exact) mass is 340 g/mol. The van der Waals surface area contributed by atoms with Crippen LogP contribution in [0.25, 0.3) is 10.2 Å². The molecule has 18 heavy (non-hydrogen) atoms. The Kier molecular flexibility index (Phi) is 3.32. The standard InChI is InChI=1S/C12H9BrN2OS2/c13-10-6-17-11(15-10)4-2-7-1-3-8-9(5-7)18-12(16)14-8/h1,3,5-6H,2,4H2,(H,14,16). The number of thiazole rings is 2. The molecule has 3 rings (SSSR count). The van der Waals surface area contributed by atoms with Crippen LogP contribution < -0.4 is 4.87 Å². The quantitative estimate of drug-likeness (QED) is 0.791. The van der Waals surface area contributed by atoms with Crippen molar-refractivity contribution in [2.75, 3.05) is 0 Å². The molecule has 0 radical (unpaired) electrons. The highest BCUT2D eigenvalue weighted by Crippen LogP contribution is 2.19. The number of nitrogens with one attached hydrogen (secondary N) is 1. The van der Waals surface area contributed by atoms with E-state index in [-0.39, 0.29) is 4.87 Å². The van der Waals surface area contributed by atoms with Crippen molar-refractivity contribution in [3.63, 3.8) is 0 Å². The molecule has 0 aliphatic rings. The van der Waals surface area contributed by atoms with E-state index in [4.69, 9.17) is 0 Å². The molecule has 92 valence electrons. The molecule has 1 aromatic carbocycles. The molecule has 0 atom stereocenters. The zero-order valence-corrected chi connectivity index (χ0v) is 12.5. The largest absolute Gasteiger partial charge is 0.312 e. The first-order valence-electron chi connectivity index (χ1n) is 5.42. The summed E-state index contributed by atoms with van der Waals surface area (Å²) in [5, 5.41) is 3.13. The zero-order valence-electron chi connectivity index (χ0n) is 9.27. The average Bonchev–Trinajstić information content (AvgIpc) is 2.90. The number of hydrogen-bond acceptors (Lipinski definition) is 4. The van der Waals surface area contributed by atoms with Gasteiger partial charge in [-0.1, -0.05) is 17.4 Å². The minimum Gasteiger partial charge on any atom is -0.312 e. The fourth-order valence-corrected chi connectivity index (χ4v) is 3.87. The van der Waals surface area contributed by atoms with E-state index in [9.17, 15) is 4.79 Å². The zero-order chi connectivity index (χ0) is 12.5. The van der Waals surface area contributed by atoms with Crippen LogP contribution in [0.4, 0.5) is 0 Å². The lowest BCUT2D eigenvalue weighted by molar-refractivity contribution is 0.942. The summed E-state index contributed by atoms with van der Waals surface area (Å²) < 4.78 is 1.93. The lowest BCUT2D eigenvalue weighted by atomic mass is 10.1. The number of benzene rings is 1. The van der Waals surface area contributed by atoms with Crippen LogP contribution in [0.2, 0.25) is 0 Å². The Morgan fingerprint density at radius 2 is 2.22 bits per heavy atom. The number of aryl methyl sites for hydroxylation is 2. The Morgan fingerprint density at radius 1 is 1.33 bits per heavy atom. The van der Waals surface area contributed by atoms with Crippen molar-refractivity contribution in [3.05, 3.63) is 48.4 Å². The summed E-state index contributed by atoms with van der Waals surface area (Å²) in [6, 6.07) is 6.12. The number of aromatic amines is 1. The third kappa shape index (κ3) is 2.55. The van der Waals surface area contributed by atoms with Crippen LogP contribution in [0.3, 0.4) is 0 Å². The van der Waals surface area contributed by atoms with Crippen molar-refractivity contribution in [3.8, 4) is 0 Å². The topological polar surface area (TPSA) is 45.8 Å². The Bertz CT molecular complexity index is 744. The number of rotatable bonds is 3.